The number of nitrogens with one attached hydrogen (secondary N) is 1. The van der Waals surface area contributed by atoms with Crippen LogP contribution in [0.15, 0.2) is 24.4 Å². The van der Waals surface area contributed by atoms with Gasteiger partial charge in [-0.25, -0.2) is 0 Å². The van der Waals surface area contributed by atoms with Crippen LogP contribution in [-0.4, -0.2) is 16.2 Å². The van der Waals surface area contributed by atoms with Crippen LogP contribution < -0.4 is 5.32 Å². The van der Waals surface area contributed by atoms with Crippen molar-refractivity contribution in [2.45, 2.75) is 32.2 Å². The summed E-state index contributed by atoms with van der Waals surface area (Å²) < 4.78 is 0. The Labute approximate surface area is 105 Å². The third-order valence-corrected chi connectivity index (χ3v) is 2.86. The van der Waals surface area contributed by atoms with Gasteiger partial charge in [-0.2, -0.15) is 0 Å². The van der Waals surface area contributed by atoms with Gasteiger partial charge in [0, 0.05) is 17.9 Å². The van der Waals surface area contributed by atoms with Gasteiger partial charge in [-0.05, 0) is 31.9 Å². The first-order chi connectivity index (χ1) is 7.74. The number of aromatic nitrogens is 1. The minimum Gasteiger partial charge on any atom is -0.348 e. The average molecular weight is 285 g/mol. The molecule has 0 spiro atoms. The average Bonchev–Trinajstić information content (AvgIpc) is 2.30. The molecule has 1 heterocycles. The highest BCUT2D eigenvalue weighted by Gasteiger charge is 2.09. The number of carbonyl (C=O) groups is 1. The lowest BCUT2D eigenvalue weighted by Crippen LogP contribution is -2.26. The number of nitrogens with zero attached hydrogens (tertiary/aromatic N) is 1. The fourth-order valence-corrected chi connectivity index (χ4v) is 1.80. The largest absolute Gasteiger partial charge is 0.348 e. The van der Waals surface area contributed by atoms with Gasteiger partial charge in [-0.3, -0.25) is 9.78 Å². The van der Waals surface area contributed by atoms with Crippen molar-refractivity contribution >= 4 is 21.8 Å². The fraction of sp³-hybridized carbons (Fsp3) is 0.500. The topological polar surface area (TPSA) is 42.0 Å². The number of carbonyl (C=O) groups excluding carboxylic acids is 1. The van der Waals surface area contributed by atoms with Crippen LogP contribution in [0.25, 0.3) is 0 Å². The van der Waals surface area contributed by atoms with E-state index in [1.54, 1.807) is 6.20 Å². The van der Waals surface area contributed by atoms with E-state index in [9.17, 15) is 4.79 Å². The van der Waals surface area contributed by atoms with Crippen molar-refractivity contribution in [3.8, 4) is 0 Å². The quantitative estimate of drug-likeness (QED) is 0.645. The monoisotopic (exact) mass is 284 g/mol. The second-order valence-corrected chi connectivity index (χ2v) is 4.48. The van der Waals surface area contributed by atoms with E-state index < -0.39 is 0 Å². The molecular weight excluding hydrogens is 268 g/mol. The zero-order valence-electron chi connectivity index (χ0n) is 9.45. The summed E-state index contributed by atoms with van der Waals surface area (Å²) in [6, 6.07) is 5.70. The summed E-state index contributed by atoms with van der Waals surface area (Å²) in [4.78, 5) is 15.8. The van der Waals surface area contributed by atoms with Crippen LogP contribution in [0.4, 0.5) is 0 Å². The number of halogens is 1. The maximum Gasteiger partial charge on any atom is 0.220 e. The maximum atomic E-state index is 11.5. The van der Waals surface area contributed by atoms with Gasteiger partial charge in [-0.1, -0.05) is 22.0 Å². The van der Waals surface area contributed by atoms with Crippen molar-refractivity contribution in [2.24, 2.45) is 0 Å². The van der Waals surface area contributed by atoms with E-state index in [-0.39, 0.29) is 11.9 Å². The van der Waals surface area contributed by atoms with E-state index in [4.69, 9.17) is 0 Å². The molecule has 0 aromatic carbocycles. The highest BCUT2D eigenvalue weighted by atomic mass is 79.9. The SMILES string of the molecule is CC(NC(=O)CCCCBr)c1ccccn1. The van der Waals surface area contributed by atoms with Crippen molar-refractivity contribution in [1.82, 2.24) is 10.3 Å². The summed E-state index contributed by atoms with van der Waals surface area (Å²) in [5.74, 6) is 0.0964. The van der Waals surface area contributed by atoms with Crippen LogP contribution in [0.3, 0.4) is 0 Å². The minimum absolute atomic E-state index is 0.0160. The van der Waals surface area contributed by atoms with Crippen molar-refractivity contribution < 1.29 is 4.79 Å². The van der Waals surface area contributed by atoms with Gasteiger partial charge in [-0.15, -0.1) is 0 Å². The summed E-state index contributed by atoms with van der Waals surface area (Å²) in [5, 5.41) is 3.89. The molecule has 0 fully saturated rings. The zero-order chi connectivity index (χ0) is 11.8. The van der Waals surface area contributed by atoms with Gasteiger partial charge >= 0.3 is 0 Å². The van der Waals surface area contributed by atoms with E-state index in [1.807, 2.05) is 25.1 Å². The number of alkyl halides is 1. The van der Waals surface area contributed by atoms with Gasteiger partial charge in [0.25, 0.3) is 0 Å². The molecule has 0 saturated heterocycles. The van der Waals surface area contributed by atoms with E-state index in [2.05, 4.69) is 26.2 Å². The Morgan fingerprint density at radius 3 is 2.94 bits per heavy atom. The lowest BCUT2D eigenvalue weighted by molar-refractivity contribution is -0.121. The summed E-state index contributed by atoms with van der Waals surface area (Å²) >= 11 is 3.35. The standard InChI is InChI=1S/C12H17BrN2O/c1-10(11-6-3-5-9-14-11)15-12(16)7-2-4-8-13/h3,5-6,9-10H,2,4,7-8H2,1H3,(H,15,16). The molecule has 4 heteroatoms. The first kappa shape index (κ1) is 13.2. The number of rotatable bonds is 6. The molecule has 0 bridgehead atoms. The first-order valence-corrected chi connectivity index (χ1v) is 6.62. The molecule has 1 aromatic rings. The summed E-state index contributed by atoms with van der Waals surface area (Å²) in [6.45, 7) is 1.95. The smallest absolute Gasteiger partial charge is 0.220 e. The summed E-state index contributed by atoms with van der Waals surface area (Å²) in [7, 11) is 0. The third kappa shape index (κ3) is 4.75. The van der Waals surface area contributed by atoms with Gasteiger partial charge in [0.1, 0.15) is 0 Å². The number of unbranched alkanes of at least 4 members (excludes halogenated alkanes) is 1. The Morgan fingerprint density at radius 2 is 2.31 bits per heavy atom. The Bertz CT molecular complexity index is 316. The maximum absolute atomic E-state index is 11.5. The molecule has 3 nitrogen and oxygen atoms in total. The molecule has 0 aliphatic carbocycles. The number of hydrogen-bond acceptors (Lipinski definition) is 2. The van der Waals surface area contributed by atoms with Crippen molar-refractivity contribution in [1.29, 1.82) is 0 Å². The lowest BCUT2D eigenvalue weighted by atomic mass is 10.2. The second kappa shape index (κ2) is 7.39. The lowest BCUT2D eigenvalue weighted by Gasteiger charge is -2.12. The summed E-state index contributed by atoms with van der Waals surface area (Å²) in [6.07, 6.45) is 4.28. The van der Waals surface area contributed by atoms with E-state index >= 15 is 0 Å². The Balaban J connectivity index is 2.34. The molecule has 1 unspecified atom stereocenters. The number of hydrogen-bond donors (Lipinski definition) is 1. The predicted molar refractivity (Wildman–Crippen MR) is 68.4 cm³/mol. The molecule has 0 aliphatic heterocycles. The van der Waals surface area contributed by atoms with Crippen LogP contribution in [0.5, 0.6) is 0 Å². The van der Waals surface area contributed by atoms with Crippen molar-refractivity contribution in [2.75, 3.05) is 5.33 Å². The molecule has 0 radical (unpaired) electrons. The molecule has 16 heavy (non-hydrogen) atoms. The van der Waals surface area contributed by atoms with Gasteiger partial charge in [0.2, 0.25) is 5.91 Å². The third-order valence-electron chi connectivity index (χ3n) is 2.30. The van der Waals surface area contributed by atoms with E-state index in [1.165, 1.54) is 0 Å². The predicted octanol–water partition coefficient (Wildman–Crippen LogP) is 2.82. The van der Waals surface area contributed by atoms with Crippen molar-refractivity contribution in [3.05, 3.63) is 30.1 Å². The minimum atomic E-state index is -0.0160. The molecule has 1 rings (SSSR count). The Morgan fingerprint density at radius 1 is 1.50 bits per heavy atom. The van der Waals surface area contributed by atoms with Gasteiger partial charge in [0.05, 0.1) is 11.7 Å². The number of pyridine rings is 1. The molecule has 1 N–H and O–H groups in total. The fourth-order valence-electron chi connectivity index (χ4n) is 1.40. The zero-order valence-corrected chi connectivity index (χ0v) is 11.0. The van der Waals surface area contributed by atoms with Crippen LogP contribution in [0, 0.1) is 0 Å². The van der Waals surface area contributed by atoms with E-state index in [0.29, 0.717) is 6.42 Å². The van der Waals surface area contributed by atoms with Crippen LogP contribution in [0.2, 0.25) is 0 Å². The molecule has 1 amide bonds. The normalized spacial score (nSPS) is 12.1. The molecule has 1 atom stereocenters. The highest BCUT2D eigenvalue weighted by Crippen LogP contribution is 2.08. The Hall–Kier alpha value is -0.900. The molecule has 0 aliphatic rings. The molecule has 1 aromatic heterocycles. The Kier molecular flexibility index (Phi) is 6.08. The van der Waals surface area contributed by atoms with E-state index in [0.717, 1.165) is 23.9 Å². The first-order valence-electron chi connectivity index (χ1n) is 5.50. The molecule has 0 saturated carbocycles. The van der Waals surface area contributed by atoms with Crippen molar-refractivity contribution in [3.63, 3.8) is 0 Å². The molecular formula is C12H17BrN2O. The molecule has 88 valence electrons. The van der Waals surface area contributed by atoms with Crippen LogP contribution in [0.1, 0.15) is 37.9 Å². The van der Waals surface area contributed by atoms with Crippen LogP contribution in [-0.2, 0) is 4.79 Å². The number of amides is 1. The van der Waals surface area contributed by atoms with Gasteiger partial charge < -0.3 is 5.32 Å². The van der Waals surface area contributed by atoms with Crippen LogP contribution >= 0.6 is 15.9 Å². The summed E-state index contributed by atoms with van der Waals surface area (Å²) in [5.41, 5.74) is 0.899. The second-order valence-electron chi connectivity index (χ2n) is 3.69. The highest BCUT2D eigenvalue weighted by molar-refractivity contribution is 9.09. The van der Waals surface area contributed by atoms with Gasteiger partial charge in [0.15, 0.2) is 0 Å².